The Labute approximate surface area is 79.8 Å². The zero-order chi connectivity index (χ0) is 9.84. The Morgan fingerprint density at radius 2 is 1.85 bits per heavy atom. The van der Waals surface area contributed by atoms with Gasteiger partial charge in [0, 0.05) is 26.3 Å². The monoisotopic (exact) mass is 188 g/mol. The van der Waals surface area contributed by atoms with E-state index in [9.17, 15) is 0 Å². The maximum absolute atomic E-state index is 5.68. The fourth-order valence-corrected chi connectivity index (χ4v) is 1.75. The molecule has 0 heterocycles. The zero-order valence-corrected chi connectivity index (χ0v) is 8.62. The van der Waals surface area contributed by atoms with Crippen molar-refractivity contribution in [1.82, 2.24) is 5.32 Å². The molecule has 0 bridgehead atoms. The molecule has 1 aliphatic carbocycles. The molecule has 1 rings (SSSR count). The third kappa shape index (κ3) is 2.91. The minimum atomic E-state index is -0.170. The van der Waals surface area contributed by atoms with Crippen molar-refractivity contribution in [2.24, 2.45) is 5.73 Å². The van der Waals surface area contributed by atoms with E-state index in [2.05, 4.69) is 12.2 Å². The van der Waals surface area contributed by atoms with Crippen LogP contribution in [-0.4, -0.2) is 38.6 Å². The molecule has 1 fully saturated rings. The van der Waals surface area contributed by atoms with Crippen molar-refractivity contribution in [2.75, 3.05) is 14.2 Å². The fraction of sp³-hybridized carbons (Fsp3) is 1.00. The van der Waals surface area contributed by atoms with Gasteiger partial charge >= 0.3 is 0 Å². The molecule has 0 saturated heterocycles. The van der Waals surface area contributed by atoms with E-state index < -0.39 is 0 Å². The van der Waals surface area contributed by atoms with Crippen LogP contribution in [0.2, 0.25) is 0 Å². The largest absolute Gasteiger partial charge is 0.354 e. The maximum atomic E-state index is 5.68. The van der Waals surface area contributed by atoms with Gasteiger partial charge in [-0.25, -0.2) is 0 Å². The fourth-order valence-electron chi connectivity index (χ4n) is 1.75. The molecule has 4 heteroatoms. The molecule has 3 N–H and O–H groups in total. The molecule has 1 saturated carbocycles. The summed E-state index contributed by atoms with van der Waals surface area (Å²) in [6, 6.07) is 1.14. The summed E-state index contributed by atoms with van der Waals surface area (Å²) >= 11 is 0. The molecule has 4 nitrogen and oxygen atoms in total. The van der Waals surface area contributed by atoms with Gasteiger partial charge in [0.2, 0.25) is 0 Å². The molecular weight excluding hydrogens is 168 g/mol. The number of methoxy groups -OCH3 is 2. The number of ether oxygens (including phenoxy) is 2. The highest BCUT2D eigenvalue weighted by molar-refractivity contribution is 4.89. The van der Waals surface area contributed by atoms with E-state index in [4.69, 9.17) is 15.2 Å². The van der Waals surface area contributed by atoms with Crippen molar-refractivity contribution in [3.8, 4) is 0 Å². The van der Waals surface area contributed by atoms with E-state index in [1.807, 2.05) is 0 Å². The number of hydrogen-bond donors (Lipinski definition) is 2. The van der Waals surface area contributed by atoms with Crippen LogP contribution in [0.25, 0.3) is 0 Å². The second kappa shape index (κ2) is 4.91. The quantitative estimate of drug-likeness (QED) is 0.600. The predicted molar refractivity (Wildman–Crippen MR) is 51.4 cm³/mol. The summed E-state index contributed by atoms with van der Waals surface area (Å²) in [5, 5.41) is 3.42. The van der Waals surface area contributed by atoms with Crippen LogP contribution in [0.3, 0.4) is 0 Å². The minimum Gasteiger partial charge on any atom is -0.354 e. The van der Waals surface area contributed by atoms with Crippen LogP contribution in [0.5, 0.6) is 0 Å². The van der Waals surface area contributed by atoms with Gasteiger partial charge in [0.05, 0.1) is 6.04 Å². The first-order valence-corrected chi connectivity index (χ1v) is 4.74. The second-order valence-electron chi connectivity index (χ2n) is 3.72. The lowest BCUT2D eigenvalue weighted by Gasteiger charge is -2.36. The summed E-state index contributed by atoms with van der Waals surface area (Å²) in [4.78, 5) is 0. The topological polar surface area (TPSA) is 56.5 Å². The number of hydrogen-bond acceptors (Lipinski definition) is 4. The molecule has 0 aromatic carbocycles. The Hall–Kier alpha value is -0.160. The van der Waals surface area contributed by atoms with Crippen molar-refractivity contribution < 1.29 is 9.47 Å². The first kappa shape index (κ1) is 10.9. The average molecular weight is 188 g/mol. The van der Waals surface area contributed by atoms with Gasteiger partial charge in [-0.05, 0) is 19.8 Å². The van der Waals surface area contributed by atoms with E-state index in [0.29, 0.717) is 12.1 Å². The van der Waals surface area contributed by atoms with E-state index >= 15 is 0 Å². The van der Waals surface area contributed by atoms with Crippen LogP contribution in [0.4, 0.5) is 0 Å². The van der Waals surface area contributed by atoms with Gasteiger partial charge in [-0.2, -0.15) is 0 Å². The lowest BCUT2D eigenvalue weighted by atomic mass is 9.87. The van der Waals surface area contributed by atoms with Crippen molar-refractivity contribution in [3.05, 3.63) is 0 Å². The van der Waals surface area contributed by atoms with Gasteiger partial charge in [0.15, 0.2) is 6.29 Å². The summed E-state index contributed by atoms with van der Waals surface area (Å²) in [6.07, 6.45) is 1.95. The lowest BCUT2D eigenvalue weighted by Crippen LogP contribution is -2.54. The van der Waals surface area contributed by atoms with Gasteiger partial charge in [0.1, 0.15) is 0 Å². The van der Waals surface area contributed by atoms with Crippen molar-refractivity contribution >= 4 is 0 Å². The molecule has 1 unspecified atom stereocenters. The molecule has 0 radical (unpaired) electrons. The van der Waals surface area contributed by atoms with E-state index in [1.54, 1.807) is 14.2 Å². The number of rotatable bonds is 5. The van der Waals surface area contributed by atoms with E-state index in [-0.39, 0.29) is 12.3 Å². The molecule has 1 aliphatic rings. The smallest absolute Gasteiger partial charge is 0.171 e. The van der Waals surface area contributed by atoms with Gasteiger partial charge in [0.25, 0.3) is 0 Å². The van der Waals surface area contributed by atoms with E-state index in [0.717, 1.165) is 12.8 Å². The standard InChI is InChI=1S/C9H20N2O2/c1-6(9(12-2)13-3)11-8-4-7(10)5-8/h6-9,11H,4-5,10H2,1-3H3. The van der Waals surface area contributed by atoms with Crippen LogP contribution in [0, 0.1) is 0 Å². The number of nitrogens with two attached hydrogens (primary N) is 1. The van der Waals surface area contributed by atoms with Crippen LogP contribution in [-0.2, 0) is 9.47 Å². The predicted octanol–water partition coefficient (Wildman–Crippen LogP) is 0.0731. The Morgan fingerprint density at radius 1 is 1.31 bits per heavy atom. The first-order valence-electron chi connectivity index (χ1n) is 4.74. The SMILES string of the molecule is COC(OC)C(C)NC1CC(N)C1. The third-order valence-electron chi connectivity index (χ3n) is 2.55. The Balaban J connectivity index is 2.19. The second-order valence-corrected chi connectivity index (χ2v) is 3.72. The van der Waals surface area contributed by atoms with Crippen molar-refractivity contribution in [3.63, 3.8) is 0 Å². The maximum Gasteiger partial charge on any atom is 0.171 e. The highest BCUT2D eigenvalue weighted by Crippen LogP contribution is 2.18. The first-order chi connectivity index (χ1) is 6.17. The van der Waals surface area contributed by atoms with Crippen molar-refractivity contribution in [1.29, 1.82) is 0 Å². The number of nitrogens with one attached hydrogen (secondary N) is 1. The van der Waals surface area contributed by atoms with Gasteiger partial charge < -0.3 is 20.5 Å². The average Bonchev–Trinajstić information content (AvgIpc) is 2.04. The highest BCUT2D eigenvalue weighted by Gasteiger charge is 2.28. The Bertz CT molecular complexity index is 145. The third-order valence-corrected chi connectivity index (χ3v) is 2.55. The summed E-state index contributed by atoms with van der Waals surface area (Å²) in [6.45, 7) is 2.06. The van der Waals surface area contributed by atoms with Crippen LogP contribution in [0.1, 0.15) is 19.8 Å². The molecular formula is C9H20N2O2. The van der Waals surface area contributed by atoms with Gasteiger partial charge in [-0.15, -0.1) is 0 Å². The summed E-state index contributed by atoms with van der Waals surface area (Å²) < 4.78 is 10.3. The van der Waals surface area contributed by atoms with E-state index in [1.165, 1.54) is 0 Å². The van der Waals surface area contributed by atoms with Crippen molar-refractivity contribution in [2.45, 2.75) is 44.2 Å². The molecule has 1 atom stereocenters. The van der Waals surface area contributed by atoms with Gasteiger partial charge in [-0.3, -0.25) is 0 Å². The molecule has 0 aromatic heterocycles. The summed E-state index contributed by atoms with van der Waals surface area (Å²) in [5.41, 5.74) is 5.68. The molecule has 0 amide bonds. The summed E-state index contributed by atoms with van der Waals surface area (Å²) in [5.74, 6) is 0. The molecule has 0 spiro atoms. The molecule has 0 aliphatic heterocycles. The van der Waals surface area contributed by atoms with Crippen LogP contribution in [0.15, 0.2) is 0 Å². The molecule has 78 valence electrons. The zero-order valence-electron chi connectivity index (χ0n) is 8.62. The summed E-state index contributed by atoms with van der Waals surface area (Å²) in [7, 11) is 3.30. The normalized spacial score (nSPS) is 30.2. The Kier molecular flexibility index (Phi) is 4.12. The highest BCUT2D eigenvalue weighted by atomic mass is 16.7. The lowest BCUT2D eigenvalue weighted by molar-refractivity contribution is -0.122. The Morgan fingerprint density at radius 3 is 2.23 bits per heavy atom. The molecule has 13 heavy (non-hydrogen) atoms. The van der Waals surface area contributed by atoms with Crippen LogP contribution >= 0.6 is 0 Å². The van der Waals surface area contributed by atoms with Gasteiger partial charge in [-0.1, -0.05) is 0 Å². The molecule has 0 aromatic rings. The van der Waals surface area contributed by atoms with Crippen LogP contribution < -0.4 is 11.1 Å². The minimum absolute atomic E-state index is 0.170.